The first kappa shape index (κ1) is 11.5. The van der Waals surface area contributed by atoms with Crippen molar-refractivity contribution < 1.29 is 4.74 Å². The fraction of sp³-hybridized carbons (Fsp3) is 0.923. The predicted octanol–water partition coefficient (Wildman–Crippen LogP) is 0.839. The van der Waals surface area contributed by atoms with E-state index in [1.165, 1.54) is 19.4 Å². The molecular weight excluding hydrogens is 214 g/mol. The lowest BCUT2D eigenvalue weighted by Crippen LogP contribution is -2.59. The van der Waals surface area contributed by atoms with Crippen LogP contribution in [0.4, 0.5) is 0 Å². The fourth-order valence-electron chi connectivity index (χ4n) is 3.69. The Bertz CT molecular complexity index is 321. The topological polar surface area (TPSA) is 39.5 Å². The lowest BCUT2D eigenvalue weighted by Gasteiger charge is -2.47. The van der Waals surface area contributed by atoms with E-state index in [-0.39, 0.29) is 5.54 Å². The molecule has 0 aromatic carbocycles. The van der Waals surface area contributed by atoms with Crippen molar-refractivity contribution in [3.05, 3.63) is 0 Å². The van der Waals surface area contributed by atoms with Gasteiger partial charge in [-0.3, -0.25) is 4.90 Å². The first-order chi connectivity index (χ1) is 8.34. The molecular formula is C13H21N3O. The van der Waals surface area contributed by atoms with Gasteiger partial charge in [0.1, 0.15) is 5.54 Å². The van der Waals surface area contributed by atoms with Crippen LogP contribution in [0.3, 0.4) is 0 Å². The van der Waals surface area contributed by atoms with Crippen molar-refractivity contribution in [3.8, 4) is 6.07 Å². The predicted molar refractivity (Wildman–Crippen MR) is 64.6 cm³/mol. The van der Waals surface area contributed by atoms with Crippen molar-refractivity contribution in [2.24, 2.45) is 0 Å². The van der Waals surface area contributed by atoms with E-state index in [0.29, 0.717) is 6.04 Å². The summed E-state index contributed by atoms with van der Waals surface area (Å²) in [5.41, 5.74) is -0.199. The van der Waals surface area contributed by atoms with Crippen LogP contribution in [0.1, 0.15) is 25.7 Å². The van der Waals surface area contributed by atoms with Crippen LogP contribution >= 0.6 is 0 Å². The normalized spacial score (nSPS) is 39.8. The van der Waals surface area contributed by atoms with E-state index < -0.39 is 0 Å². The number of ether oxygens (including phenoxy) is 1. The maximum atomic E-state index is 9.66. The van der Waals surface area contributed by atoms with Gasteiger partial charge in [-0.2, -0.15) is 5.26 Å². The Morgan fingerprint density at radius 3 is 2.76 bits per heavy atom. The van der Waals surface area contributed by atoms with Crippen LogP contribution in [-0.2, 0) is 4.74 Å². The monoisotopic (exact) mass is 235 g/mol. The molecule has 17 heavy (non-hydrogen) atoms. The number of hydrogen-bond donors (Lipinski definition) is 0. The average Bonchev–Trinajstić information content (AvgIpc) is 2.86. The van der Waals surface area contributed by atoms with Crippen LogP contribution in [0.2, 0.25) is 0 Å². The Morgan fingerprint density at radius 2 is 2.00 bits per heavy atom. The van der Waals surface area contributed by atoms with Gasteiger partial charge in [0.2, 0.25) is 0 Å². The standard InChI is InChI=1S/C13H21N3O/c14-11-13(16-6-8-17-9-7-16)3-5-15-4-1-2-12(15)10-13/h12H,1-10H2. The first-order valence-electron chi connectivity index (χ1n) is 6.82. The molecule has 0 N–H and O–H groups in total. The van der Waals surface area contributed by atoms with E-state index in [1.807, 2.05) is 0 Å². The summed E-state index contributed by atoms with van der Waals surface area (Å²) < 4.78 is 5.41. The molecule has 2 unspecified atom stereocenters. The third-order valence-electron chi connectivity index (χ3n) is 4.71. The number of nitriles is 1. The van der Waals surface area contributed by atoms with Gasteiger partial charge in [-0.25, -0.2) is 0 Å². The van der Waals surface area contributed by atoms with Crippen LogP contribution in [0, 0.1) is 11.3 Å². The number of hydrogen-bond acceptors (Lipinski definition) is 4. The third kappa shape index (κ3) is 1.97. The molecule has 3 heterocycles. The molecule has 0 spiro atoms. The third-order valence-corrected chi connectivity index (χ3v) is 4.71. The highest BCUT2D eigenvalue weighted by Gasteiger charge is 2.45. The maximum Gasteiger partial charge on any atom is 0.112 e. The van der Waals surface area contributed by atoms with Crippen molar-refractivity contribution >= 4 is 0 Å². The van der Waals surface area contributed by atoms with Crippen LogP contribution in [0.15, 0.2) is 0 Å². The van der Waals surface area contributed by atoms with Gasteiger partial charge in [0.05, 0.1) is 19.3 Å². The quantitative estimate of drug-likeness (QED) is 0.675. The second-order valence-electron chi connectivity index (χ2n) is 5.53. The molecule has 3 rings (SSSR count). The van der Waals surface area contributed by atoms with E-state index >= 15 is 0 Å². The molecule has 0 aliphatic carbocycles. The summed E-state index contributed by atoms with van der Waals surface area (Å²) in [6.07, 6.45) is 4.66. The Morgan fingerprint density at radius 1 is 1.18 bits per heavy atom. The zero-order valence-electron chi connectivity index (χ0n) is 10.4. The second kappa shape index (κ2) is 4.56. The summed E-state index contributed by atoms with van der Waals surface area (Å²) in [4.78, 5) is 4.96. The van der Waals surface area contributed by atoms with E-state index in [0.717, 1.165) is 45.7 Å². The molecule has 4 nitrogen and oxygen atoms in total. The van der Waals surface area contributed by atoms with Gasteiger partial charge in [0.25, 0.3) is 0 Å². The van der Waals surface area contributed by atoms with Gasteiger partial charge >= 0.3 is 0 Å². The molecule has 0 bridgehead atoms. The van der Waals surface area contributed by atoms with Crippen molar-refractivity contribution in [2.45, 2.75) is 37.3 Å². The molecule has 0 saturated carbocycles. The second-order valence-corrected chi connectivity index (χ2v) is 5.53. The maximum absolute atomic E-state index is 9.66. The van der Waals surface area contributed by atoms with Gasteiger partial charge in [-0.05, 0) is 32.2 Å². The molecule has 0 aromatic rings. The molecule has 94 valence electrons. The van der Waals surface area contributed by atoms with Crippen molar-refractivity contribution in [1.82, 2.24) is 9.80 Å². The number of piperidine rings is 1. The van der Waals surface area contributed by atoms with Crippen LogP contribution in [0.25, 0.3) is 0 Å². The summed E-state index contributed by atoms with van der Waals surface area (Å²) in [6.45, 7) is 5.79. The highest BCUT2D eigenvalue weighted by Crippen LogP contribution is 2.36. The largest absolute Gasteiger partial charge is 0.379 e. The minimum Gasteiger partial charge on any atom is -0.379 e. The number of nitrogens with zero attached hydrogens (tertiary/aromatic N) is 3. The number of morpholine rings is 1. The Kier molecular flexibility index (Phi) is 3.08. The minimum atomic E-state index is -0.199. The van der Waals surface area contributed by atoms with Crippen LogP contribution in [-0.4, -0.2) is 60.8 Å². The fourth-order valence-corrected chi connectivity index (χ4v) is 3.69. The van der Waals surface area contributed by atoms with E-state index in [1.54, 1.807) is 0 Å². The molecule has 2 atom stereocenters. The molecule has 0 radical (unpaired) electrons. The van der Waals surface area contributed by atoms with Crippen molar-refractivity contribution in [1.29, 1.82) is 5.26 Å². The Labute approximate surface area is 103 Å². The Hall–Kier alpha value is -0.630. The first-order valence-corrected chi connectivity index (χ1v) is 6.82. The molecule has 3 fully saturated rings. The zero-order chi connectivity index (χ0) is 11.7. The molecule has 0 amide bonds. The molecule has 3 aliphatic heterocycles. The van der Waals surface area contributed by atoms with Gasteiger partial charge in [-0.1, -0.05) is 0 Å². The van der Waals surface area contributed by atoms with Crippen molar-refractivity contribution in [2.75, 3.05) is 39.4 Å². The zero-order valence-corrected chi connectivity index (χ0v) is 10.4. The van der Waals surface area contributed by atoms with E-state index in [9.17, 15) is 5.26 Å². The molecule has 3 saturated heterocycles. The lowest BCUT2D eigenvalue weighted by atomic mass is 9.82. The molecule has 3 aliphatic rings. The smallest absolute Gasteiger partial charge is 0.112 e. The average molecular weight is 235 g/mol. The summed E-state index contributed by atoms with van der Waals surface area (Å²) in [7, 11) is 0. The van der Waals surface area contributed by atoms with Gasteiger partial charge in [0, 0.05) is 25.7 Å². The minimum absolute atomic E-state index is 0.199. The summed E-state index contributed by atoms with van der Waals surface area (Å²) in [5.74, 6) is 0. The highest BCUT2D eigenvalue weighted by atomic mass is 16.5. The SMILES string of the molecule is N#CC1(N2CCOCC2)CCN2CCCC2C1. The van der Waals surface area contributed by atoms with E-state index in [2.05, 4.69) is 15.9 Å². The number of fused-ring (bicyclic) bond motifs is 1. The van der Waals surface area contributed by atoms with Gasteiger partial charge in [0.15, 0.2) is 0 Å². The summed E-state index contributed by atoms with van der Waals surface area (Å²) in [5, 5.41) is 9.66. The Balaban J connectivity index is 1.75. The van der Waals surface area contributed by atoms with E-state index in [4.69, 9.17) is 4.74 Å². The van der Waals surface area contributed by atoms with Gasteiger partial charge in [-0.15, -0.1) is 0 Å². The number of rotatable bonds is 1. The summed E-state index contributed by atoms with van der Waals surface area (Å²) >= 11 is 0. The van der Waals surface area contributed by atoms with Crippen molar-refractivity contribution in [3.63, 3.8) is 0 Å². The van der Waals surface area contributed by atoms with Gasteiger partial charge < -0.3 is 9.64 Å². The van der Waals surface area contributed by atoms with Crippen LogP contribution < -0.4 is 0 Å². The summed E-state index contributed by atoms with van der Waals surface area (Å²) in [6, 6.07) is 3.30. The van der Waals surface area contributed by atoms with Crippen LogP contribution in [0.5, 0.6) is 0 Å². The highest BCUT2D eigenvalue weighted by molar-refractivity contribution is 5.14. The molecule has 0 aromatic heterocycles. The lowest BCUT2D eigenvalue weighted by molar-refractivity contribution is -0.0312. The molecule has 4 heteroatoms.